The Kier molecular flexibility index (Phi) is 5.32. The van der Waals surface area contributed by atoms with E-state index in [-0.39, 0.29) is 17.0 Å². The fourth-order valence-electron chi connectivity index (χ4n) is 2.10. The number of benzene rings is 1. The summed E-state index contributed by atoms with van der Waals surface area (Å²) in [6.07, 6.45) is -0.467. The second-order valence-corrected chi connectivity index (χ2v) is 4.43. The van der Waals surface area contributed by atoms with E-state index in [2.05, 4.69) is 0 Å². The van der Waals surface area contributed by atoms with Crippen LogP contribution in [-0.4, -0.2) is 39.2 Å². The summed E-state index contributed by atoms with van der Waals surface area (Å²) < 4.78 is 0. The molecule has 6 heteroatoms. The monoisotopic (exact) mass is 286 g/mol. The van der Waals surface area contributed by atoms with Gasteiger partial charge < -0.3 is 15.3 Å². The molecule has 2 atom stereocenters. The summed E-state index contributed by atoms with van der Waals surface area (Å²) >= 11 is 5.60. The highest BCUT2D eigenvalue weighted by Crippen LogP contribution is 2.29. The second kappa shape index (κ2) is 6.54. The maximum Gasteiger partial charge on any atom is 0.336 e. The van der Waals surface area contributed by atoms with Crippen LogP contribution in [0.4, 0.5) is 0 Å². The van der Waals surface area contributed by atoms with E-state index in [0.717, 1.165) is 0 Å². The van der Waals surface area contributed by atoms with Gasteiger partial charge in [-0.15, -0.1) is 11.6 Å². The molecule has 0 heterocycles. The molecule has 1 rings (SSSR count). The summed E-state index contributed by atoms with van der Waals surface area (Å²) in [6.45, 7) is 1.78. The first-order valence-electron chi connectivity index (χ1n) is 5.77. The molecule has 3 N–H and O–H groups in total. The largest absolute Gasteiger partial charge is 0.478 e. The predicted molar refractivity (Wildman–Crippen MR) is 70.1 cm³/mol. The maximum absolute atomic E-state index is 11.3. The van der Waals surface area contributed by atoms with Crippen molar-refractivity contribution in [1.29, 1.82) is 0 Å². The highest BCUT2D eigenvalue weighted by atomic mass is 35.5. The first kappa shape index (κ1) is 15.5. The maximum atomic E-state index is 11.3. The van der Waals surface area contributed by atoms with Gasteiger partial charge in [0.2, 0.25) is 0 Å². The summed E-state index contributed by atoms with van der Waals surface area (Å²) in [5, 5.41) is 28.1. The van der Waals surface area contributed by atoms with Crippen LogP contribution in [0.3, 0.4) is 0 Å². The molecule has 0 bridgehead atoms. The van der Waals surface area contributed by atoms with Gasteiger partial charge in [-0.05, 0) is 18.1 Å². The fourth-order valence-corrected chi connectivity index (χ4v) is 2.32. The molecule has 2 unspecified atom stereocenters. The van der Waals surface area contributed by atoms with E-state index >= 15 is 0 Å². The van der Waals surface area contributed by atoms with Gasteiger partial charge in [-0.25, -0.2) is 9.59 Å². The van der Waals surface area contributed by atoms with Crippen LogP contribution in [0.25, 0.3) is 0 Å². The fraction of sp³-hybridized carbons (Fsp3) is 0.385. The number of halogens is 1. The average Bonchev–Trinajstić information content (AvgIpc) is 2.38. The van der Waals surface area contributed by atoms with Crippen LogP contribution in [0.2, 0.25) is 0 Å². The van der Waals surface area contributed by atoms with Crippen LogP contribution in [0.1, 0.15) is 45.5 Å². The molecule has 5 nitrogen and oxygen atoms in total. The third kappa shape index (κ3) is 3.24. The molecule has 0 radical (unpaired) electrons. The zero-order chi connectivity index (χ0) is 14.6. The summed E-state index contributed by atoms with van der Waals surface area (Å²) in [5.41, 5.74) is -0.278. The van der Waals surface area contributed by atoms with Gasteiger partial charge in [0.05, 0.1) is 17.2 Å². The Morgan fingerprint density at radius 1 is 1.26 bits per heavy atom. The zero-order valence-corrected chi connectivity index (χ0v) is 11.1. The third-order valence-electron chi connectivity index (χ3n) is 3.00. The topological polar surface area (TPSA) is 94.8 Å². The van der Waals surface area contributed by atoms with Crippen LogP contribution in [-0.2, 0) is 0 Å². The number of alkyl halides is 1. The van der Waals surface area contributed by atoms with Gasteiger partial charge in [0, 0.05) is 11.8 Å². The van der Waals surface area contributed by atoms with Crippen LogP contribution in [0.15, 0.2) is 18.2 Å². The number of hydrogen-bond donors (Lipinski definition) is 3. The lowest BCUT2D eigenvalue weighted by Gasteiger charge is -2.22. The standard InChI is InChI=1S/C13H15ClO5/c1-2-7(10(15)6-14)8-4-3-5-9(12(16)17)11(8)13(18)19/h3-5,7,10,15H,2,6H2,1H3,(H,16,17)(H,18,19). The number of carboxylic acids is 2. The van der Waals surface area contributed by atoms with Crippen molar-refractivity contribution >= 4 is 23.5 Å². The lowest BCUT2D eigenvalue weighted by molar-refractivity contribution is 0.0648. The van der Waals surface area contributed by atoms with E-state index < -0.39 is 24.0 Å². The first-order chi connectivity index (χ1) is 8.93. The molecule has 104 valence electrons. The molecular weight excluding hydrogens is 272 g/mol. The van der Waals surface area contributed by atoms with Crippen LogP contribution in [0, 0.1) is 0 Å². The minimum Gasteiger partial charge on any atom is -0.478 e. The van der Waals surface area contributed by atoms with Crippen molar-refractivity contribution in [3.8, 4) is 0 Å². The lowest BCUT2D eigenvalue weighted by Crippen LogP contribution is -2.23. The predicted octanol–water partition coefficient (Wildman–Crippen LogP) is 2.18. The highest BCUT2D eigenvalue weighted by molar-refractivity contribution is 6.18. The van der Waals surface area contributed by atoms with Crippen LogP contribution < -0.4 is 0 Å². The first-order valence-corrected chi connectivity index (χ1v) is 6.31. The van der Waals surface area contributed by atoms with Crippen molar-refractivity contribution in [3.05, 3.63) is 34.9 Å². The van der Waals surface area contributed by atoms with Gasteiger partial charge in [0.1, 0.15) is 0 Å². The molecule has 0 aromatic heterocycles. The molecular formula is C13H15ClO5. The lowest BCUT2D eigenvalue weighted by atomic mass is 9.86. The molecule has 0 spiro atoms. The van der Waals surface area contributed by atoms with Crippen LogP contribution >= 0.6 is 11.6 Å². The molecule has 0 saturated carbocycles. The Balaban J connectivity index is 3.45. The number of hydrogen-bond acceptors (Lipinski definition) is 3. The Morgan fingerprint density at radius 2 is 1.89 bits per heavy atom. The second-order valence-electron chi connectivity index (χ2n) is 4.12. The van der Waals surface area contributed by atoms with Gasteiger partial charge in [-0.3, -0.25) is 0 Å². The van der Waals surface area contributed by atoms with E-state index in [9.17, 15) is 19.8 Å². The molecule has 19 heavy (non-hydrogen) atoms. The minimum atomic E-state index is -1.33. The molecule has 0 fully saturated rings. The number of rotatable bonds is 6. The van der Waals surface area contributed by atoms with Crippen molar-refractivity contribution in [2.45, 2.75) is 25.4 Å². The quantitative estimate of drug-likeness (QED) is 0.697. The summed E-state index contributed by atoms with van der Waals surface area (Å²) in [7, 11) is 0. The van der Waals surface area contributed by atoms with Gasteiger partial charge in [0.25, 0.3) is 0 Å². The molecule has 0 aliphatic carbocycles. The average molecular weight is 287 g/mol. The van der Waals surface area contributed by atoms with E-state index in [1.165, 1.54) is 18.2 Å². The SMILES string of the molecule is CCC(c1cccc(C(=O)O)c1C(=O)O)C(O)CCl. The molecule has 0 aliphatic rings. The van der Waals surface area contributed by atoms with E-state index in [1.807, 2.05) is 0 Å². The number of aliphatic hydroxyl groups excluding tert-OH is 1. The summed E-state index contributed by atoms with van der Waals surface area (Å²) in [6, 6.07) is 4.21. The number of aliphatic hydroxyl groups is 1. The number of carbonyl (C=O) groups is 2. The van der Waals surface area contributed by atoms with Crippen molar-refractivity contribution < 1.29 is 24.9 Å². The van der Waals surface area contributed by atoms with E-state index in [1.54, 1.807) is 6.92 Å². The molecule has 1 aromatic rings. The number of aromatic carboxylic acids is 2. The molecule has 0 amide bonds. The van der Waals surface area contributed by atoms with Gasteiger partial charge in [-0.2, -0.15) is 0 Å². The Morgan fingerprint density at radius 3 is 2.32 bits per heavy atom. The highest BCUT2D eigenvalue weighted by Gasteiger charge is 2.27. The van der Waals surface area contributed by atoms with E-state index in [4.69, 9.17) is 16.7 Å². The minimum absolute atomic E-state index is 0.0468. The number of carboxylic acid groups (broad SMARTS) is 2. The Labute approximate surface area is 115 Å². The summed E-state index contributed by atoms with van der Waals surface area (Å²) in [5.74, 6) is -3.19. The Hall–Kier alpha value is -1.59. The van der Waals surface area contributed by atoms with Crippen LogP contribution in [0.5, 0.6) is 0 Å². The molecule has 0 saturated heterocycles. The molecule has 0 aliphatic heterocycles. The zero-order valence-electron chi connectivity index (χ0n) is 10.3. The van der Waals surface area contributed by atoms with Gasteiger partial charge in [0.15, 0.2) is 0 Å². The normalized spacial score (nSPS) is 13.8. The van der Waals surface area contributed by atoms with E-state index in [0.29, 0.717) is 12.0 Å². The van der Waals surface area contributed by atoms with Gasteiger partial charge >= 0.3 is 11.9 Å². The molecule has 1 aromatic carbocycles. The van der Waals surface area contributed by atoms with Crippen molar-refractivity contribution in [2.75, 3.05) is 5.88 Å². The third-order valence-corrected chi connectivity index (χ3v) is 3.32. The van der Waals surface area contributed by atoms with Gasteiger partial charge in [-0.1, -0.05) is 19.1 Å². The summed E-state index contributed by atoms with van der Waals surface area (Å²) in [4.78, 5) is 22.4. The van der Waals surface area contributed by atoms with Crippen molar-refractivity contribution in [1.82, 2.24) is 0 Å². The Bertz CT molecular complexity index is 486. The van der Waals surface area contributed by atoms with Crippen molar-refractivity contribution in [2.24, 2.45) is 0 Å². The smallest absolute Gasteiger partial charge is 0.336 e. The van der Waals surface area contributed by atoms with Crippen molar-refractivity contribution in [3.63, 3.8) is 0 Å².